The minimum atomic E-state index is -0.498. The van der Waals surface area contributed by atoms with E-state index >= 15 is 0 Å². The molecule has 0 N–H and O–H groups in total. The molecule has 4 aliphatic carbocycles. The van der Waals surface area contributed by atoms with Crippen molar-refractivity contribution in [3.8, 4) is 0 Å². The van der Waals surface area contributed by atoms with Gasteiger partial charge in [0.2, 0.25) is 5.91 Å². The second-order valence-corrected chi connectivity index (χ2v) is 11.0. The molecule has 1 amide bonds. The average molecular weight is 475 g/mol. The predicted molar refractivity (Wildman–Crippen MR) is 123 cm³/mol. The van der Waals surface area contributed by atoms with Gasteiger partial charge < -0.3 is 15.0 Å². The van der Waals surface area contributed by atoms with Crippen LogP contribution in [0, 0.1) is 34.3 Å². The number of aromatic nitrogens is 4. The Morgan fingerprint density at radius 2 is 2.03 bits per heavy atom. The van der Waals surface area contributed by atoms with Crippen LogP contribution >= 0.6 is 11.6 Å². The lowest BCUT2D eigenvalue weighted by Crippen LogP contribution is -2.58. The maximum atomic E-state index is 13.4. The van der Waals surface area contributed by atoms with Crippen molar-refractivity contribution >= 4 is 23.3 Å². The number of amides is 1. The molecule has 0 spiro atoms. The number of hydrogen-bond acceptors (Lipinski definition) is 5. The Kier molecular flexibility index (Phi) is 5.30. The van der Waals surface area contributed by atoms with Gasteiger partial charge in [-0.25, -0.2) is 0 Å². The van der Waals surface area contributed by atoms with E-state index < -0.39 is 4.92 Å². The fourth-order valence-electron chi connectivity index (χ4n) is 7.47. The van der Waals surface area contributed by atoms with Crippen LogP contribution in [0.5, 0.6) is 0 Å². The summed E-state index contributed by atoms with van der Waals surface area (Å²) in [5.74, 6) is 0.930. The van der Waals surface area contributed by atoms with Crippen LogP contribution in [0.25, 0.3) is 0 Å². The number of nitrogens with zero attached hydrogens (tertiary/aromatic N) is 6. The van der Waals surface area contributed by atoms with E-state index in [0.29, 0.717) is 30.5 Å². The molecule has 0 aromatic carbocycles. The Bertz CT molecular complexity index is 1090. The normalized spacial score (nSPS) is 30.1. The highest BCUT2D eigenvalue weighted by Gasteiger charge is 2.61. The van der Waals surface area contributed by atoms with Gasteiger partial charge in [-0.15, -0.1) is 0 Å². The number of aryl methyl sites for hydroxylation is 1. The number of carbonyl (C=O) groups is 1. The molecule has 0 aliphatic heterocycles. The summed E-state index contributed by atoms with van der Waals surface area (Å²) in [6, 6.07) is 1.96. The predicted octanol–water partition coefficient (Wildman–Crippen LogP) is 4.31. The third-order valence-corrected chi connectivity index (χ3v) is 8.70. The zero-order chi connectivity index (χ0) is 23.5. The summed E-state index contributed by atoms with van der Waals surface area (Å²) in [5.41, 5.74) is 1.33. The van der Waals surface area contributed by atoms with E-state index in [9.17, 15) is 14.9 Å². The minimum Gasteiger partial charge on any atom is -0.358 e. The van der Waals surface area contributed by atoms with Crippen LogP contribution in [-0.2, 0) is 23.4 Å². The molecular formula is C23H31ClN6O3. The Morgan fingerprint density at radius 3 is 2.64 bits per heavy atom. The van der Waals surface area contributed by atoms with E-state index in [4.69, 9.17) is 11.6 Å². The van der Waals surface area contributed by atoms with E-state index in [1.807, 2.05) is 41.2 Å². The van der Waals surface area contributed by atoms with Crippen LogP contribution in [0.15, 0.2) is 12.3 Å². The maximum Gasteiger partial charge on any atom is 0.408 e. The fourth-order valence-corrected chi connectivity index (χ4v) is 7.66. The van der Waals surface area contributed by atoms with Crippen LogP contribution in [0.2, 0.25) is 5.02 Å². The summed E-state index contributed by atoms with van der Waals surface area (Å²) < 4.78 is 3.77. The highest BCUT2D eigenvalue weighted by atomic mass is 35.5. The highest BCUT2D eigenvalue weighted by Crippen LogP contribution is 2.65. The molecule has 2 atom stereocenters. The molecule has 0 radical (unpaired) electrons. The van der Waals surface area contributed by atoms with Gasteiger partial charge in [-0.1, -0.05) is 11.6 Å². The molecule has 4 bridgehead atoms. The van der Waals surface area contributed by atoms with E-state index in [0.717, 1.165) is 44.3 Å². The van der Waals surface area contributed by atoms with Crippen molar-refractivity contribution in [3.63, 3.8) is 0 Å². The van der Waals surface area contributed by atoms with Crippen LogP contribution in [-0.4, -0.2) is 42.3 Å². The Balaban J connectivity index is 1.40. The van der Waals surface area contributed by atoms with Crippen LogP contribution in [0.4, 0.5) is 5.82 Å². The van der Waals surface area contributed by atoms with Crippen molar-refractivity contribution in [2.75, 3.05) is 7.05 Å². The zero-order valence-corrected chi connectivity index (χ0v) is 20.2. The van der Waals surface area contributed by atoms with Crippen molar-refractivity contribution in [1.29, 1.82) is 0 Å². The Labute approximate surface area is 198 Å². The second kappa shape index (κ2) is 7.82. The standard InChI is InChI=1S/C23H31ClN6O3/c1-4-28-18(5-6-25-28)13-27(3)19(31)12-22-8-16-7-17(9-22)11-23(10-16,14-22)29-15(2)20(24)21(26-29)30(32)33/h5-6,16-17H,4,7-14H2,1-3H3. The molecule has 33 heavy (non-hydrogen) atoms. The SMILES string of the molecule is CCn1nccc1CN(C)C(=O)CC12CC3CC(C1)CC(n1nc([N+](=O)[O-])c(Cl)c1C)(C3)C2. The van der Waals surface area contributed by atoms with Crippen molar-refractivity contribution in [2.45, 2.75) is 77.4 Å². The lowest BCUT2D eigenvalue weighted by atomic mass is 9.46. The van der Waals surface area contributed by atoms with E-state index in [-0.39, 0.29) is 27.7 Å². The highest BCUT2D eigenvalue weighted by molar-refractivity contribution is 6.33. The van der Waals surface area contributed by atoms with Gasteiger partial charge in [-0.05, 0) is 80.6 Å². The monoisotopic (exact) mass is 474 g/mol. The largest absolute Gasteiger partial charge is 0.408 e. The first kappa shape index (κ1) is 22.4. The second-order valence-electron chi connectivity index (χ2n) is 10.6. The van der Waals surface area contributed by atoms with Crippen molar-refractivity contribution in [1.82, 2.24) is 24.5 Å². The van der Waals surface area contributed by atoms with Crippen LogP contribution in [0.1, 0.15) is 63.3 Å². The number of halogens is 1. The number of hydrogen-bond donors (Lipinski definition) is 0. The number of nitro groups is 1. The fraction of sp³-hybridized carbons (Fsp3) is 0.696. The summed E-state index contributed by atoms with van der Waals surface area (Å²) in [5, 5.41) is 20.3. The molecule has 9 nitrogen and oxygen atoms in total. The number of rotatable bonds is 7. The topological polar surface area (TPSA) is 99.1 Å². The van der Waals surface area contributed by atoms with Gasteiger partial charge in [-0.3, -0.25) is 9.48 Å². The Hall–Kier alpha value is -2.42. The first-order valence-corrected chi connectivity index (χ1v) is 12.2. The molecule has 2 aromatic heterocycles. The van der Waals surface area contributed by atoms with Crippen molar-refractivity contribution in [3.05, 3.63) is 38.8 Å². The lowest BCUT2D eigenvalue weighted by molar-refractivity contribution is -0.389. The number of carbonyl (C=O) groups excluding carboxylic acids is 1. The van der Waals surface area contributed by atoms with Crippen LogP contribution in [0.3, 0.4) is 0 Å². The Morgan fingerprint density at radius 1 is 1.33 bits per heavy atom. The molecular weight excluding hydrogens is 444 g/mol. The molecule has 2 unspecified atom stereocenters. The first-order chi connectivity index (χ1) is 15.7. The molecule has 10 heteroatoms. The average Bonchev–Trinajstić information content (AvgIpc) is 3.31. The van der Waals surface area contributed by atoms with Crippen molar-refractivity contribution in [2.24, 2.45) is 17.3 Å². The van der Waals surface area contributed by atoms with Gasteiger partial charge >= 0.3 is 5.82 Å². The third kappa shape index (κ3) is 3.64. The van der Waals surface area contributed by atoms with Gasteiger partial charge in [-0.2, -0.15) is 9.78 Å². The van der Waals surface area contributed by atoms with E-state index in [1.165, 1.54) is 6.42 Å². The van der Waals surface area contributed by atoms with Gasteiger partial charge in [0.25, 0.3) is 0 Å². The van der Waals surface area contributed by atoms with Gasteiger partial charge in [0.1, 0.15) is 0 Å². The van der Waals surface area contributed by atoms with E-state index in [2.05, 4.69) is 10.2 Å². The van der Waals surface area contributed by atoms with Gasteiger partial charge in [0.05, 0.1) is 28.6 Å². The summed E-state index contributed by atoms with van der Waals surface area (Å²) in [6.45, 7) is 5.18. The molecule has 0 saturated heterocycles. The molecule has 178 valence electrons. The summed E-state index contributed by atoms with van der Waals surface area (Å²) in [6.07, 6.45) is 8.31. The molecule has 4 saturated carbocycles. The van der Waals surface area contributed by atoms with E-state index in [1.54, 1.807) is 6.20 Å². The molecule has 6 rings (SSSR count). The quantitative estimate of drug-likeness (QED) is 0.439. The zero-order valence-electron chi connectivity index (χ0n) is 19.5. The summed E-state index contributed by atoms with van der Waals surface area (Å²) in [7, 11) is 1.87. The van der Waals surface area contributed by atoms with Crippen molar-refractivity contribution < 1.29 is 9.72 Å². The van der Waals surface area contributed by atoms with Crippen LogP contribution < -0.4 is 0 Å². The molecule has 2 heterocycles. The smallest absolute Gasteiger partial charge is 0.358 e. The lowest BCUT2D eigenvalue weighted by Gasteiger charge is -2.61. The molecule has 4 aliphatic rings. The minimum absolute atomic E-state index is 0.0833. The summed E-state index contributed by atoms with van der Waals surface area (Å²) in [4.78, 5) is 26.2. The summed E-state index contributed by atoms with van der Waals surface area (Å²) >= 11 is 6.31. The molecule has 2 aromatic rings. The molecule has 4 fully saturated rings. The first-order valence-electron chi connectivity index (χ1n) is 11.8. The maximum absolute atomic E-state index is 13.4. The van der Waals surface area contributed by atoms with Gasteiger partial charge in [0, 0.05) is 26.2 Å². The third-order valence-electron chi connectivity index (χ3n) is 8.26. The van der Waals surface area contributed by atoms with Gasteiger partial charge in [0.15, 0.2) is 5.02 Å².